The van der Waals surface area contributed by atoms with Crippen LogP contribution < -0.4 is 10.1 Å². The van der Waals surface area contributed by atoms with Crippen molar-refractivity contribution in [3.05, 3.63) is 59.7 Å². The molecule has 0 saturated heterocycles. The molecule has 0 heterocycles. The molecule has 1 N–H and O–H groups in total. The normalized spacial score (nSPS) is 14.1. The minimum absolute atomic E-state index is 0.600. The lowest BCUT2D eigenvalue weighted by Gasteiger charge is -2.09. The molecule has 1 aliphatic carbocycles. The molecule has 3 nitrogen and oxygen atoms in total. The van der Waals surface area contributed by atoms with Crippen LogP contribution in [0.5, 0.6) is 11.5 Å². The van der Waals surface area contributed by atoms with Gasteiger partial charge >= 0.3 is 0 Å². The predicted octanol–water partition coefficient (Wildman–Crippen LogP) is 3.88. The summed E-state index contributed by atoms with van der Waals surface area (Å²) in [6.07, 6.45) is 2.62. The Bertz CT molecular complexity index is 593. The summed E-state index contributed by atoms with van der Waals surface area (Å²) in [5.74, 6) is 1.72. The Morgan fingerprint density at radius 1 is 1.00 bits per heavy atom. The van der Waals surface area contributed by atoms with Crippen LogP contribution in [-0.4, -0.2) is 13.2 Å². The molecule has 0 aromatic heterocycles. The van der Waals surface area contributed by atoms with E-state index in [0.29, 0.717) is 6.61 Å². The van der Waals surface area contributed by atoms with Gasteiger partial charge in [-0.1, -0.05) is 24.3 Å². The van der Waals surface area contributed by atoms with Crippen molar-refractivity contribution in [2.75, 3.05) is 7.11 Å². The highest BCUT2D eigenvalue weighted by Gasteiger charge is 2.19. The monoisotopic (exact) mass is 283 g/mol. The molecule has 110 valence electrons. The zero-order chi connectivity index (χ0) is 14.5. The lowest BCUT2D eigenvalue weighted by atomic mass is 10.2. The summed E-state index contributed by atoms with van der Waals surface area (Å²) in [6, 6.07) is 17.0. The maximum Gasteiger partial charge on any atom is 0.127 e. The summed E-state index contributed by atoms with van der Waals surface area (Å²) in [5.41, 5.74) is 2.37. The van der Waals surface area contributed by atoms with E-state index in [-0.39, 0.29) is 0 Å². The van der Waals surface area contributed by atoms with Gasteiger partial charge in [-0.25, -0.2) is 0 Å². The molecule has 3 rings (SSSR count). The molecule has 0 bridgehead atoms. The summed E-state index contributed by atoms with van der Waals surface area (Å²) in [5, 5.41) is 3.52. The number of rotatable bonds is 7. The maximum absolute atomic E-state index is 5.95. The van der Waals surface area contributed by atoms with Crippen LogP contribution in [0.25, 0.3) is 0 Å². The van der Waals surface area contributed by atoms with Crippen LogP contribution in [0.4, 0.5) is 0 Å². The van der Waals surface area contributed by atoms with Crippen molar-refractivity contribution < 1.29 is 9.47 Å². The second-order valence-electron chi connectivity index (χ2n) is 5.49. The average molecular weight is 283 g/mol. The molecular formula is C18H21NO2. The smallest absolute Gasteiger partial charge is 0.127 e. The van der Waals surface area contributed by atoms with Gasteiger partial charge in [-0.2, -0.15) is 0 Å². The quantitative estimate of drug-likeness (QED) is 0.836. The van der Waals surface area contributed by atoms with Gasteiger partial charge in [0.15, 0.2) is 0 Å². The fourth-order valence-corrected chi connectivity index (χ4v) is 2.27. The van der Waals surface area contributed by atoms with Crippen molar-refractivity contribution in [3.8, 4) is 11.5 Å². The molecular weight excluding hydrogens is 262 g/mol. The fourth-order valence-electron chi connectivity index (χ4n) is 2.27. The molecule has 2 aromatic carbocycles. The van der Waals surface area contributed by atoms with Crippen LogP contribution in [0.2, 0.25) is 0 Å². The van der Waals surface area contributed by atoms with Gasteiger partial charge < -0.3 is 14.8 Å². The van der Waals surface area contributed by atoms with Crippen molar-refractivity contribution in [2.24, 2.45) is 0 Å². The second-order valence-corrected chi connectivity index (χ2v) is 5.49. The third-order valence-corrected chi connectivity index (χ3v) is 3.52. The minimum Gasteiger partial charge on any atom is -0.457 e. The van der Waals surface area contributed by atoms with E-state index in [2.05, 4.69) is 17.4 Å². The van der Waals surface area contributed by atoms with Crippen LogP contribution in [0, 0.1) is 0 Å². The van der Waals surface area contributed by atoms with Crippen LogP contribution in [0.1, 0.15) is 24.0 Å². The van der Waals surface area contributed by atoms with E-state index in [1.807, 2.05) is 36.4 Å². The number of hydrogen-bond acceptors (Lipinski definition) is 3. The van der Waals surface area contributed by atoms with Crippen LogP contribution in [0.15, 0.2) is 48.5 Å². The number of ether oxygens (including phenoxy) is 2. The molecule has 2 aromatic rings. The lowest BCUT2D eigenvalue weighted by molar-refractivity contribution is 0.184. The number of methoxy groups -OCH3 is 1. The third kappa shape index (κ3) is 4.31. The summed E-state index contributed by atoms with van der Waals surface area (Å²) in [7, 11) is 1.70. The van der Waals surface area contributed by atoms with Crippen molar-refractivity contribution >= 4 is 0 Å². The van der Waals surface area contributed by atoms with E-state index >= 15 is 0 Å². The first-order valence-corrected chi connectivity index (χ1v) is 7.41. The first kappa shape index (κ1) is 14.1. The highest BCUT2D eigenvalue weighted by molar-refractivity contribution is 5.35. The number of hydrogen-bond donors (Lipinski definition) is 1. The van der Waals surface area contributed by atoms with Crippen molar-refractivity contribution in [2.45, 2.75) is 32.0 Å². The number of benzene rings is 2. The zero-order valence-electron chi connectivity index (χ0n) is 12.3. The topological polar surface area (TPSA) is 30.5 Å². The van der Waals surface area contributed by atoms with Gasteiger partial charge in [0.2, 0.25) is 0 Å². The summed E-state index contributed by atoms with van der Waals surface area (Å²) >= 11 is 0. The average Bonchev–Trinajstić information content (AvgIpc) is 3.31. The molecule has 1 saturated carbocycles. The van der Waals surface area contributed by atoms with Gasteiger partial charge in [-0.05, 0) is 48.2 Å². The summed E-state index contributed by atoms with van der Waals surface area (Å²) < 4.78 is 11.1. The standard InChI is InChI=1S/C18H21NO2/c1-20-13-15-5-3-7-18(11-15)21-17-6-2-4-14(10-17)12-19-16-8-9-16/h2-7,10-11,16,19H,8-9,12-13H2,1H3. The Balaban J connectivity index is 1.65. The predicted molar refractivity (Wildman–Crippen MR) is 83.5 cm³/mol. The van der Waals surface area contributed by atoms with Gasteiger partial charge in [0.1, 0.15) is 11.5 Å². The molecule has 1 aliphatic rings. The van der Waals surface area contributed by atoms with Crippen molar-refractivity contribution in [3.63, 3.8) is 0 Å². The Morgan fingerprint density at radius 3 is 2.33 bits per heavy atom. The van der Waals surface area contributed by atoms with E-state index in [9.17, 15) is 0 Å². The zero-order valence-corrected chi connectivity index (χ0v) is 12.3. The molecule has 0 unspecified atom stereocenters. The molecule has 3 heteroatoms. The molecule has 1 fully saturated rings. The SMILES string of the molecule is COCc1cccc(Oc2cccc(CNC3CC3)c2)c1. The Hall–Kier alpha value is -1.84. The first-order valence-electron chi connectivity index (χ1n) is 7.41. The van der Waals surface area contributed by atoms with Gasteiger partial charge in [0.25, 0.3) is 0 Å². The molecule has 0 amide bonds. The van der Waals surface area contributed by atoms with Gasteiger partial charge in [-0.3, -0.25) is 0 Å². The van der Waals surface area contributed by atoms with Crippen molar-refractivity contribution in [1.29, 1.82) is 0 Å². The molecule has 21 heavy (non-hydrogen) atoms. The van der Waals surface area contributed by atoms with Gasteiger partial charge in [-0.15, -0.1) is 0 Å². The highest BCUT2D eigenvalue weighted by Crippen LogP contribution is 2.24. The van der Waals surface area contributed by atoms with E-state index < -0.39 is 0 Å². The van der Waals surface area contributed by atoms with E-state index in [1.54, 1.807) is 7.11 Å². The Kier molecular flexibility index (Phi) is 4.53. The minimum atomic E-state index is 0.600. The fraction of sp³-hybridized carbons (Fsp3) is 0.333. The third-order valence-electron chi connectivity index (χ3n) is 3.52. The highest BCUT2D eigenvalue weighted by atomic mass is 16.5. The maximum atomic E-state index is 5.95. The molecule has 0 atom stereocenters. The van der Waals surface area contributed by atoms with Gasteiger partial charge in [0, 0.05) is 19.7 Å². The van der Waals surface area contributed by atoms with Crippen LogP contribution in [0.3, 0.4) is 0 Å². The van der Waals surface area contributed by atoms with Crippen LogP contribution in [-0.2, 0) is 17.9 Å². The lowest BCUT2D eigenvalue weighted by Crippen LogP contribution is -2.15. The van der Waals surface area contributed by atoms with Crippen molar-refractivity contribution in [1.82, 2.24) is 5.32 Å². The summed E-state index contributed by atoms with van der Waals surface area (Å²) in [6.45, 7) is 1.51. The van der Waals surface area contributed by atoms with Crippen LogP contribution >= 0.6 is 0 Å². The first-order chi connectivity index (χ1) is 10.3. The molecule has 0 spiro atoms. The van der Waals surface area contributed by atoms with E-state index in [4.69, 9.17) is 9.47 Å². The number of nitrogens with one attached hydrogen (secondary N) is 1. The summed E-state index contributed by atoms with van der Waals surface area (Å²) in [4.78, 5) is 0. The van der Waals surface area contributed by atoms with E-state index in [0.717, 1.165) is 29.6 Å². The molecule has 0 aliphatic heterocycles. The Labute approximate surface area is 125 Å². The van der Waals surface area contributed by atoms with Gasteiger partial charge in [0.05, 0.1) is 6.61 Å². The molecule has 0 radical (unpaired) electrons. The second kappa shape index (κ2) is 6.74. The van der Waals surface area contributed by atoms with E-state index in [1.165, 1.54) is 18.4 Å². The Morgan fingerprint density at radius 2 is 1.67 bits per heavy atom. The largest absolute Gasteiger partial charge is 0.457 e.